The van der Waals surface area contributed by atoms with Crippen molar-refractivity contribution in [3.8, 4) is 0 Å². The highest BCUT2D eigenvalue weighted by atomic mass is 16.5. The van der Waals surface area contributed by atoms with E-state index in [4.69, 9.17) is 4.74 Å². The Hall–Kier alpha value is -0.700. The largest absolute Gasteiger partial charge is 0.373 e. The van der Waals surface area contributed by atoms with Crippen LogP contribution in [0.25, 0.3) is 0 Å². The quantitative estimate of drug-likeness (QED) is 0.678. The Balaban J connectivity index is 2.14. The van der Waals surface area contributed by atoms with Crippen molar-refractivity contribution in [2.45, 2.75) is 45.1 Å². The summed E-state index contributed by atoms with van der Waals surface area (Å²) in [5.41, 5.74) is -0.444. The van der Waals surface area contributed by atoms with Gasteiger partial charge in [0.25, 0.3) is 0 Å². The Morgan fingerprint density at radius 3 is 2.69 bits per heavy atom. The van der Waals surface area contributed by atoms with Crippen LogP contribution in [0.2, 0.25) is 0 Å². The molecule has 3 fully saturated rings. The molecule has 0 radical (unpaired) electrons. The zero-order valence-corrected chi connectivity index (χ0v) is 9.91. The molecule has 1 unspecified atom stereocenters. The van der Waals surface area contributed by atoms with Crippen molar-refractivity contribution < 1.29 is 14.3 Å². The normalized spacial score (nSPS) is 50.9. The Kier molecular flexibility index (Phi) is 1.93. The SMILES string of the molecule is COC1C(=O)C[C@H]2CC(=O)[C@]3(C)CCC[C@@]123. The minimum Gasteiger partial charge on any atom is -0.373 e. The highest BCUT2D eigenvalue weighted by molar-refractivity contribution is 5.96. The molecular formula is C13H18O3. The molecule has 0 aromatic heterocycles. The molecule has 0 aromatic rings. The number of methoxy groups -OCH3 is 1. The van der Waals surface area contributed by atoms with Crippen molar-refractivity contribution in [1.82, 2.24) is 0 Å². The first-order valence-electron chi connectivity index (χ1n) is 6.15. The van der Waals surface area contributed by atoms with Crippen LogP contribution in [0.3, 0.4) is 0 Å². The van der Waals surface area contributed by atoms with Crippen molar-refractivity contribution in [2.24, 2.45) is 16.7 Å². The molecule has 3 nitrogen and oxygen atoms in total. The number of ether oxygens (including phenoxy) is 1. The summed E-state index contributed by atoms with van der Waals surface area (Å²) in [7, 11) is 1.61. The highest BCUT2D eigenvalue weighted by Crippen LogP contribution is 2.69. The van der Waals surface area contributed by atoms with Crippen LogP contribution >= 0.6 is 0 Å². The summed E-state index contributed by atoms with van der Waals surface area (Å²) in [6.07, 6.45) is 3.82. The summed E-state index contributed by atoms with van der Waals surface area (Å²) in [6.45, 7) is 2.06. The van der Waals surface area contributed by atoms with Gasteiger partial charge in [0.2, 0.25) is 0 Å². The van der Waals surface area contributed by atoms with Gasteiger partial charge in [-0.25, -0.2) is 0 Å². The summed E-state index contributed by atoms with van der Waals surface area (Å²) < 4.78 is 5.45. The number of hydrogen-bond donors (Lipinski definition) is 0. The third kappa shape index (κ3) is 0.863. The summed E-state index contributed by atoms with van der Waals surface area (Å²) in [5.74, 6) is 0.836. The van der Waals surface area contributed by atoms with Crippen molar-refractivity contribution in [3.05, 3.63) is 0 Å². The first kappa shape index (κ1) is 10.5. The fraction of sp³-hybridized carbons (Fsp3) is 0.846. The van der Waals surface area contributed by atoms with Gasteiger partial charge in [-0.3, -0.25) is 9.59 Å². The van der Waals surface area contributed by atoms with E-state index in [9.17, 15) is 9.59 Å². The van der Waals surface area contributed by atoms with Gasteiger partial charge in [0.1, 0.15) is 11.9 Å². The fourth-order valence-electron chi connectivity index (χ4n) is 4.80. The van der Waals surface area contributed by atoms with E-state index in [1.165, 1.54) is 0 Å². The first-order chi connectivity index (χ1) is 7.56. The van der Waals surface area contributed by atoms with E-state index in [1.807, 2.05) is 0 Å². The Morgan fingerprint density at radius 2 is 2.00 bits per heavy atom. The first-order valence-corrected chi connectivity index (χ1v) is 6.15. The Morgan fingerprint density at radius 1 is 1.25 bits per heavy atom. The minimum atomic E-state index is -0.323. The van der Waals surface area contributed by atoms with Crippen LogP contribution in [0.5, 0.6) is 0 Å². The number of rotatable bonds is 1. The number of carbonyl (C=O) groups is 2. The van der Waals surface area contributed by atoms with Crippen LogP contribution in [0.1, 0.15) is 39.0 Å². The lowest BCUT2D eigenvalue weighted by atomic mass is 9.65. The van der Waals surface area contributed by atoms with Crippen LogP contribution in [-0.4, -0.2) is 24.8 Å². The van der Waals surface area contributed by atoms with Crippen LogP contribution < -0.4 is 0 Å². The molecule has 0 aromatic carbocycles. The molecule has 88 valence electrons. The number of hydrogen-bond acceptors (Lipinski definition) is 3. The molecule has 3 heteroatoms. The third-order valence-electron chi connectivity index (χ3n) is 5.51. The Bertz CT molecular complexity index is 375. The lowest BCUT2D eigenvalue weighted by Gasteiger charge is -2.40. The molecule has 3 aliphatic carbocycles. The molecule has 0 saturated heterocycles. The summed E-state index contributed by atoms with van der Waals surface area (Å²) in [4.78, 5) is 24.2. The molecule has 1 spiro atoms. The van der Waals surface area contributed by atoms with E-state index < -0.39 is 0 Å². The molecule has 0 N–H and O–H groups in total. The second-order valence-electron chi connectivity index (χ2n) is 5.84. The molecular weight excluding hydrogens is 204 g/mol. The van der Waals surface area contributed by atoms with E-state index in [-0.39, 0.29) is 28.6 Å². The molecule has 0 amide bonds. The van der Waals surface area contributed by atoms with Crippen molar-refractivity contribution in [2.75, 3.05) is 7.11 Å². The molecule has 3 aliphatic rings. The van der Waals surface area contributed by atoms with Crippen LogP contribution in [-0.2, 0) is 14.3 Å². The standard InChI is InChI=1S/C13H18O3/c1-12-4-3-5-13(12)8(7-10(12)15)6-9(14)11(13)16-2/h8,11H,3-7H2,1-2H3/t8-,11?,12-,13-/m0/s1. The average Bonchev–Trinajstić information content (AvgIpc) is 2.75. The second kappa shape index (κ2) is 2.95. The van der Waals surface area contributed by atoms with E-state index >= 15 is 0 Å². The van der Waals surface area contributed by atoms with Crippen molar-refractivity contribution in [3.63, 3.8) is 0 Å². The smallest absolute Gasteiger partial charge is 0.162 e. The fourth-order valence-corrected chi connectivity index (χ4v) is 4.80. The van der Waals surface area contributed by atoms with Crippen molar-refractivity contribution in [1.29, 1.82) is 0 Å². The lowest BCUT2D eigenvalue weighted by Crippen LogP contribution is -2.46. The van der Waals surface area contributed by atoms with E-state index in [1.54, 1.807) is 7.11 Å². The van der Waals surface area contributed by atoms with Crippen molar-refractivity contribution >= 4 is 11.6 Å². The van der Waals surface area contributed by atoms with Gasteiger partial charge in [-0.1, -0.05) is 13.3 Å². The molecule has 3 rings (SSSR count). The molecule has 0 heterocycles. The Labute approximate surface area is 95.5 Å². The monoisotopic (exact) mass is 222 g/mol. The predicted octanol–water partition coefficient (Wildman–Crippen LogP) is 1.74. The van der Waals surface area contributed by atoms with Gasteiger partial charge in [0, 0.05) is 30.8 Å². The summed E-state index contributed by atoms with van der Waals surface area (Å²) in [6, 6.07) is 0. The van der Waals surface area contributed by atoms with E-state index in [0.29, 0.717) is 18.6 Å². The maximum atomic E-state index is 12.2. The number of Topliss-reactive ketones (excluding diaryl/α,β-unsaturated/α-hetero) is 2. The zero-order chi connectivity index (χ0) is 11.6. The maximum Gasteiger partial charge on any atom is 0.162 e. The van der Waals surface area contributed by atoms with Crippen LogP contribution in [0.4, 0.5) is 0 Å². The van der Waals surface area contributed by atoms with Gasteiger partial charge in [-0.05, 0) is 18.8 Å². The zero-order valence-electron chi connectivity index (χ0n) is 9.91. The molecule has 16 heavy (non-hydrogen) atoms. The van der Waals surface area contributed by atoms with Gasteiger partial charge in [0.15, 0.2) is 5.78 Å². The van der Waals surface area contributed by atoms with Gasteiger partial charge in [-0.2, -0.15) is 0 Å². The lowest BCUT2D eigenvalue weighted by molar-refractivity contribution is -0.140. The number of carbonyl (C=O) groups excluding carboxylic acids is 2. The average molecular weight is 222 g/mol. The van der Waals surface area contributed by atoms with Gasteiger partial charge >= 0.3 is 0 Å². The molecule has 3 saturated carbocycles. The second-order valence-corrected chi connectivity index (χ2v) is 5.84. The summed E-state index contributed by atoms with van der Waals surface area (Å²) in [5, 5.41) is 0. The maximum absolute atomic E-state index is 12.2. The topological polar surface area (TPSA) is 43.4 Å². The van der Waals surface area contributed by atoms with Gasteiger partial charge in [-0.15, -0.1) is 0 Å². The van der Waals surface area contributed by atoms with Crippen LogP contribution in [0, 0.1) is 16.7 Å². The molecule has 0 bridgehead atoms. The molecule has 0 aliphatic heterocycles. The van der Waals surface area contributed by atoms with Crippen LogP contribution in [0.15, 0.2) is 0 Å². The minimum absolute atomic E-state index is 0.157. The molecule has 4 atom stereocenters. The van der Waals surface area contributed by atoms with E-state index in [0.717, 1.165) is 19.3 Å². The summed E-state index contributed by atoms with van der Waals surface area (Å²) >= 11 is 0. The number of ketones is 2. The van der Waals surface area contributed by atoms with Gasteiger partial charge < -0.3 is 4.74 Å². The predicted molar refractivity (Wildman–Crippen MR) is 57.9 cm³/mol. The third-order valence-corrected chi connectivity index (χ3v) is 5.51. The van der Waals surface area contributed by atoms with Gasteiger partial charge in [0.05, 0.1) is 0 Å². The highest BCUT2D eigenvalue weighted by Gasteiger charge is 2.72. The van der Waals surface area contributed by atoms with E-state index in [2.05, 4.69) is 6.92 Å².